The number of carbonyl (C=O) groups excluding carboxylic acids is 1. The highest BCUT2D eigenvalue weighted by Gasteiger charge is 2.19. The van der Waals surface area contributed by atoms with Gasteiger partial charge in [0, 0.05) is 5.02 Å². The summed E-state index contributed by atoms with van der Waals surface area (Å²) in [6, 6.07) is 3.53. The maximum Gasteiger partial charge on any atom is 0.244 e. The van der Waals surface area contributed by atoms with E-state index in [9.17, 15) is 4.79 Å². The predicted molar refractivity (Wildman–Crippen MR) is 60.4 cm³/mol. The first kappa shape index (κ1) is 11.8. The van der Waals surface area contributed by atoms with E-state index in [1.807, 2.05) is 13.8 Å². The van der Waals surface area contributed by atoms with Gasteiger partial charge in [-0.15, -0.1) is 11.6 Å². The molecule has 0 spiro atoms. The molecular weight excluding hydrogens is 242 g/mol. The van der Waals surface area contributed by atoms with Crippen molar-refractivity contribution in [1.29, 1.82) is 0 Å². The monoisotopic (exact) mass is 250 g/mol. The normalized spacial score (nSPS) is 12.6. The molecule has 0 radical (unpaired) electrons. The smallest absolute Gasteiger partial charge is 0.244 e. The van der Waals surface area contributed by atoms with Gasteiger partial charge in [-0.1, -0.05) is 11.6 Å². The first-order valence-electron chi connectivity index (χ1n) is 4.03. The Morgan fingerprint density at radius 1 is 1.29 bits per heavy atom. The molecule has 1 aromatic carbocycles. The molecule has 0 bridgehead atoms. The van der Waals surface area contributed by atoms with Crippen LogP contribution in [0, 0.1) is 13.8 Å². The zero-order valence-corrected chi connectivity index (χ0v) is 10.0. The molecule has 1 aromatic rings. The lowest BCUT2D eigenvalue weighted by molar-refractivity contribution is -0.111. The highest BCUT2D eigenvalue weighted by Crippen LogP contribution is 2.31. The zero-order valence-electron chi connectivity index (χ0n) is 7.77. The van der Waals surface area contributed by atoms with Gasteiger partial charge in [-0.05, 0) is 54.3 Å². The van der Waals surface area contributed by atoms with Gasteiger partial charge in [-0.2, -0.15) is 0 Å². The SMILES string of the molecule is Cc1cc(Cl)cc(C)c1C(Cl)C(=O)Cl. The lowest BCUT2D eigenvalue weighted by Crippen LogP contribution is -2.03. The topological polar surface area (TPSA) is 17.1 Å². The van der Waals surface area contributed by atoms with Crippen LogP contribution in [0.3, 0.4) is 0 Å². The van der Waals surface area contributed by atoms with E-state index >= 15 is 0 Å². The summed E-state index contributed by atoms with van der Waals surface area (Å²) >= 11 is 17.1. The van der Waals surface area contributed by atoms with E-state index in [2.05, 4.69) is 0 Å². The van der Waals surface area contributed by atoms with E-state index in [4.69, 9.17) is 34.8 Å². The quantitative estimate of drug-likeness (QED) is 0.573. The summed E-state index contributed by atoms with van der Waals surface area (Å²) in [6.07, 6.45) is 0. The molecule has 0 N–H and O–H groups in total. The summed E-state index contributed by atoms with van der Waals surface area (Å²) in [5.74, 6) is 0. The summed E-state index contributed by atoms with van der Waals surface area (Å²) in [6.45, 7) is 3.70. The minimum atomic E-state index is -0.797. The van der Waals surface area contributed by atoms with Gasteiger partial charge in [0.15, 0.2) is 0 Å². The summed E-state index contributed by atoms with van der Waals surface area (Å²) in [4.78, 5) is 10.9. The van der Waals surface area contributed by atoms with Crippen molar-refractivity contribution in [3.63, 3.8) is 0 Å². The van der Waals surface area contributed by atoms with Crippen molar-refractivity contribution in [2.75, 3.05) is 0 Å². The Morgan fingerprint density at radius 2 is 1.71 bits per heavy atom. The molecule has 0 fully saturated rings. The fourth-order valence-electron chi connectivity index (χ4n) is 1.44. The van der Waals surface area contributed by atoms with Gasteiger partial charge in [0.2, 0.25) is 5.24 Å². The summed E-state index contributed by atoms with van der Waals surface area (Å²) in [7, 11) is 0. The highest BCUT2D eigenvalue weighted by atomic mass is 35.5. The number of alkyl halides is 1. The number of benzene rings is 1. The molecule has 4 heteroatoms. The Balaban J connectivity index is 3.27. The van der Waals surface area contributed by atoms with Crippen molar-refractivity contribution in [1.82, 2.24) is 0 Å². The maximum absolute atomic E-state index is 10.9. The second kappa shape index (κ2) is 4.52. The van der Waals surface area contributed by atoms with Crippen LogP contribution in [0.5, 0.6) is 0 Å². The van der Waals surface area contributed by atoms with Crippen molar-refractivity contribution >= 4 is 40.0 Å². The molecule has 1 nitrogen and oxygen atoms in total. The van der Waals surface area contributed by atoms with Gasteiger partial charge >= 0.3 is 0 Å². The average molecular weight is 252 g/mol. The Kier molecular flexibility index (Phi) is 3.82. The Bertz CT molecular complexity index is 351. The fourth-order valence-corrected chi connectivity index (χ4v) is 2.22. The minimum absolute atomic E-state index is 0.569. The van der Waals surface area contributed by atoms with Gasteiger partial charge < -0.3 is 0 Å². The zero-order chi connectivity index (χ0) is 10.9. The lowest BCUT2D eigenvalue weighted by atomic mass is 10.0. The van der Waals surface area contributed by atoms with E-state index in [1.54, 1.807) is 12.1 Å². The van der Waals surface area contributed by atoms with Gasteiger partial charge in [-0.25, -0.2) is 0 Å². The molecule has 0 aliphatic carbocycles. The Morgan fingerprint density at radius 3 is 2.07 bits per heavy atom. The molecule has 0 heterocycles. The van der Waals surface area contributed by atoms with Crippen LogP contribution in [-0.4, -0.2) is 5.24 Å². The first-order valence-corrected chi connectivity index (χ1v) is 5.22. The van der Waals surface area contributed by atoms with E-state index in [-0.39, 0.29) is 0 Å². The molecular formula is C10H9Cl3O. The number of hydrogen-bond donors (Lipinski definition) is 0. The van der Waals surface area contributed by atoms with Crippen LogP contribution in [0.25, 0.3) is 0 Å². The van der Waals surface area contributed by atoms with Gasteiger partial charge in [0.25, 0.3) is 0 Å². The third kappa shape index (κ3) is 2.41. The molecule has 76 valence electrons. The minimum Gasteiger partial charge on any atom is -0.279 e. The van der Waals surface area contributed by atoms with E-state index in [0.717, 1.165) is 16.7 Å². The van der Waals surface area contributed by atoms with Crippen LogP contribution in [0.15, 0.2) is 12.1 Å². The molecule has 0 amide bonds. The predicted octanol–water partition coefficient (Wildman–Crippen LogP) is 4.00. The van der Waals surface area contributed by atoms with Crippen molar-refractivity contribution in [3.8, 4) is 0 Å². The highest BCUT2D eigenvalue weighted by molar-refractivity contribution is 6.68. The van der Waals surface area contributed by atoms with Crippen molar-refractivity contribution in [2.24, 2.45) is 0 Å². The van der Waals surface area contributed by atoms with Gasteiger partial charge in [0.05, 0.1) is 0 Å². The maximum atomic E-state index is 10.9. The average Bonchev–Trinajstić information content (AvgIpc) is 2.01. The van der Waals surface area contributed by atoms with Crippen LogP contribution in [0.2, 0.25) is 5.02 Å². The molecule has 14 heavy (non-hydrogen) atoms. The van der Waals surface area contributed by atoms with Crippen LogP contribution >= 0.6 is 34.8 Å². The Hall–Kier alpha value is -0.240. The first-order chi connectivity index (χ1) is 6.43. The number of rotatable bonds is 2. The molecule has 0 saturated heterocycles. The van der Waals surface area contributed by atoms with Crippen molar-refractivity contribution in [2.45, 2.75) is 19.2 Å². The third-order valence-corrected chi connectivity index (χ3v) is 2.98. The second-order valence-corrected chi connectivity index (χ2v) is 4.37. The lowest BCUT2D eigenvalue weighted by Gasteiger charge is -2.12. The Labute approximate surface area is 98.0 Å². The van der Waals surface area contributed by atoms with Crippen molar-refractivity contribution in [3.05, 3.63) is 33.8 Å². The van der Waals surface area contributed by atoms with Gasteiger partial charge in [0.1, 0.15) is 5.38 Å². The van der Waals surface area contributed by atoms with Crippen LogP contribution in [-0.2, 0) is 4.79 Å². The number of carbonyl (C=O) groups is 1. The fraction of sp³-hybridized carbons (Fsp3) is 0.300. The molecule has 1 atom stereocenters. The van der Waals surface area contributed by atoms with E-state index in [1.165, 1.54) is 0 Å². The van der Waals surface area contributed by atoms with Gasteiger partial charge in [-0.3, -0.25) is 4.79 Å². The molecule has 1 unspecified atom stereocenters. The number of aryl methyl sites for hydroxylation is 2. The van der Waals surface area contributed by atoms with E-state index < -0.39 is 10.6 Å². The van der Waals surface area contributed by atoms with Crippen LogP contribution in [0.1, 0.15) is 22.1 Å². The number of halogens is 3. The largest absolute Gasteiger partial charge is 0.279 e. The van der Waals surface area contributed by atoms with E-state index in [0.29, 0.717) is 5.02 Å². The van der Waals surface area contributed by atoms with Crippen molar-refractivity contribution < 1.29 is 4.79 Å². The molecule has 0 saturated carbocycles. The summed E-state index contributed by atoms with van der Waals surface area (Å²) < 4.78 is 0. The second-order valence-electron chi connectivity index (χ2n) is 3.12. The molecule has 0 aromatic heterocycles. The van der Waals surface area contributed by atoms with Crippen LogP contribution in [0.4, 0.5) is 0 Å². The summed E-state index contributed by atoms with van der Waals surface area (Å²) in [5.41, 5.74) is 2.50. The number of hydrogen-bond acceptors (Lipinski definition) is 1. The molecule has 0 aliphatic heterocycles. The van der Waals surface area contributed by atoms with Crippen LogP contribution < -0.4 is 0 Å². The third-order valence-electron chi connectivity index (χ3n) is 2.01. The molecule has 1 rings (SSSR count). The standard InChI is InChI=1S/C10H9Cl3O/c1-5-3-7(11)4-6(2)8(5)9(12)10(13)14/h3-4,9H,1-2H3. The summed E-state index contributed by atoms with van der Waals surface area (Å²) in [5, 5.41) is -0.733. The molecule has 0 aliphatic rings.